The van der Waals surface area contributed by atoms with Crippen molar-refractivity contribution in [2.24, 2.45) is 17.0 Å². The second-order valence-electron chi connectivity index (χ2n) is 13.1. The number of Topliss-reactive ketones (excluding diaryl/α,β-unsaturated/α-hetero) is 1. The Hall–Kier alpha value is -4.19. The van der Waals surface area contributed by atoms with E-state index in [0.29, 0.717) is 10.8 Å². The number of nitrogens with two attached hydrogens (primary N) is 1. The zero-order valence-electron chi connectivity index (χ0n) is 27.8. The number of carbonyl (C=O) groups is 3. The highest BCUT2D eigenvalue weighted by Crippen LogP contribution is 2.40. The molecule has 3 heterocycles. The molecule has 2 aromatic heterocycles. The van der Waals surface area contributed by atoms with E-state index in [1.807, 2.05) is 12.1 Å². The van der Waals surface area contributed by atoms with E-state index in [1.54, 1.807) is 18.2 Å². The van der Waals surface area contributed by atoms with Crippen LogP contribution in [-0.4, -0.2) is 74.7 Å². The summed E-state index contributed by atoms with van der Waals surface area (Å²) < 4.78 is 41.3. The first-order valence-corrected chi connectivity index (χ1v) is 18.7. The number of thiazole rings is 1. The lowest BCUT2D eigenvalue weighted by atomic mass is 9.74. The highest BCUT2D eigenvalue weighted by atomic mass is 32.3. The number of amides is 1. The van der Waals surface area contributed by atoms with E-state index in [-0.39, 0.29) is 10.8 Å². The average Bonchev–Trinajstić information content (AvgIpc) is 3.47. The molecule has 5 rings (SSSR count). The highest BCUT2D eigenvalue weighted by Gasteiger charge is 2.57. The zero-order valence-corrected chi connectivity index (χ0v) is 29.5. The number of aliphatic carboxylic acids is 1. The van der Waals surface area contributed by atoms with Gasteiger partial charge in [0.05, 0.1) is 17.0 Å². The molecular weight excluding hydrogens is 691 g/mol. The van der Waals surface area contributed by atoms with Gasteiger partial charge in [-0.2, -0.15) is 13.5 Å². The number of β-lactam (4-membered cyclic amide) rings is 1. The fraction of sp³-hybridized carbons (Fsp3) is 0.515. The van der Waals surface area contributed by atoms with Crippen LogP contribution in [-0.2, 0) is 40.3 Å². The van der Waals surface area contributed by atoms with Crippen molar-refractivity contribution >= 4 is 61.1 Å². The molecule has 3 aromatic rings. The molecule has 1 saturated carbocycles. The number of aryl methyl sites for hydroxylation is 1. The SMILES string of the molecule is CC1(C)[C@H](CC(=O)/C(=N\O[C@@H](COc2ccc3nc(CCCCCCC4CCC4)ccc3c2)C(=O)O)c2csc(N)n2)C(=O)N1OS(=O)(=O)O. The Labute approximate surface area is 293 Å². The summed E-state index contributed by atoms with van der Waals surface area (Å²) in [5.74, 6) is -2.78. The van der Waals surface area contributed by atoms with E-state index in [2.05, 4.69) is 14.4 Å². The summed E-state index contributed by atoms with van der Waals surface area (Å²) in [6, 6.07) is 9.17. The molecule has 2 aliphatic rings. The monoisotopic (exact) mass is 731 g/mol. The second-order valence-corrected chi connectivity index (χ2v) is 15.0. The Morgan fingerprint density at radius 2 is 1.90 bits per heavy atom. The van der Waals surface area contributed by atoms with Crippen LogP contribution in [0, 0.1) is 11.8 Å². The number of carboxylic acid groups (broad SMARTS) is 1. The maximum absolute atomic E-state index is 13.4. The van der Waals surface area contributed by atoms with Crippen LogP contribution in [0.5, 0.6) is 5.75 Å². The first-order chi connectivity index (χ1) is 23.7. The molecule has 1 saturated heterocycles. The molecule has 17 heteroatoms. The van der Waals surface area contributed by atoms with E-state index >= 15 is 0 Å². The van der Waals surface area contributed by atoms with Gasteiger partial charge in [0, 0.05) is 22.9 Å². The summed E-state index contributed by atoms with van der Waals surface area (Å²) in [5.41, 5.74) is 5.83. The third-order valence-electron chi connectivity index (χ3n) is 9.15. The minimum atomic E-state index is -4.99. The number of anilines is 1. The zero-order chi connectivity index (χ0) is 36.1. The summed E-state index contributed by atoms with van der Waals surface area (Å²) in [6.45, 7) is 2.40. The number of carbonyl (C=O) groups excluding carboxylic acids is 2. The van der Waals surface area contributed by atoms with Gasteiger partial charge < -0.3 is 20.4 Å². The lowest BCUT2D eigenvalue weighted by Crippen LogP contribution is -2.68. The fourth-order valence-corrected chi connectivity index (χ4v) is 6.97. The van der Waals surface area contributed by atoms with Gasteiger partial charge in [-0.3, -0.25) is 19.1 Å². The molecule has 270 valence electrons. The van der Waals surface area contributed by atoms with E-state index in [1.165, 1.54) is 64.2 Å². The molecular formula is C33H41N5O10S2. The quantitative estimate of drug-likeness (QED) is 0.0499. The predicted molar refractivity (Wildman–Crippen MR) is 184 cm³/mol. The van der Waals surface area contributed by atoms with Crippen LogP contribution in [0.3, 0.4) is 0 Å². The number of nitrogens with zero attached hydrogens (tertiary/aromatic N) is 4. The van der Waals surface area contributed by atoms with Gasteiger partial charge in [0.15, 0.2) is 16.6 Å². The summed E-state index contributed by atoms with van der Waals surface area (Å²) >= 11 is 0.997. The molecule has 2 fully saturated rings. The minimum absolute atomic E-state index is 0.0106. The van der Waals surface area contributed by atoms with Gasteiger partial charge in [-0.1, -0.05) is 56.2 Å². The van der Waals surface area contributed by atoms with Crippen molar-refractivity contribution in [3.05, 3.63) is 47.1 Å². The van der Waals surface area contributed by atoms with Gasteiger partial charge >= 0.3 is 16.4 Å². The van der Waals surface area contributed by atoms with Crippen LogP contribution in [0.25, 0.3) is 10.9 Å². The molecule has 50 heavy (non-hydrogen) atoms. The molecule has 0 radical (unpaired) electrons. The number of carboxylic acids is 1. The summed E-state index contributed by atoms with van der Waals surface area (Å²) in [5, 5.41) is 16.4. The Balaban J connectivity index is 1.18. The fourth-order valence-electron chi connectivity index (χ4n) is 5.97. The molecule has 0 bridgehead atoms. The Kier molecular flexibility index (Phi) is 11.7. The number of nitrogen functional groups attached to an aromatic ring is 1. The van der Waals surface area contributed by atoms with E-state index in [0.717, 1.165) is 46.7 Å². The third-order valence-corrected chi connectivity index (χ3v) is 10.2. The van der Waals surface area contributed by atoms with Gasteiger partial charge in [0.1, 0.15) is 18.1 Å². The molecule has 1 amide bonds. The first kappa shape index (κ1) is 37.1. The molecule has 1 aliphatic heterocycles. The van der Waals surface area contributed by atoms with Crippen molar-refractivity contribution in [2.75, 3.05) is 12.3 Å². The summed E-state index contributed by atoms with van der Waals surface area (Å²) in [7, 11) is -4.99. The molecule has 4 N–H and O–H groups in total. The number of rotatable bonds is 19. The van der Waals surface area contributed by atoms with E-state index < -0.39 is 64.4 Å². The van der Waals surface area contributed by atoms with Crippen molar-refractivity contribution in [3.8, 4) is 5.75 Å². The van der Waals surface area contributed by atoms with E-state index in [4.69, 9.17) is 24.8 Å². The molecule has 1 aliphatic carbocycles. The van der Waals surface area contributed by atoms with Gasteiger partial charge in [0.2, 0.25) is 0 Å². The average molecular weight is 732 g/mol. The molecule has 15 nitrogen and oxygen atoms in total. The first-order valence-electron chi connectivity index (χ1n) is 16.5. The normalized spacial score (nSPS) is 18.4. The minimum Gasteiger partial charge on any atom is -0.489 e. The molecule has 0 unspecified atom stereocenters. The molecule has 0 spiro atoms. The smallest absolute Gasteiger partial charge is 0.418 e. The van der Waals surface area contributed by atoms with Gasteiger partial charge in [-0.05, 0) is 56.9 Å². The number of pyridine rings is 1. The second kappa shape index (κ2) is 15.8. The van der Waals surface area contributed by atoms with Crippen molar-refractivity contribution < 1.29 is 46.3 Å². The van der Waals surface area contributed by atoms with Crippen molar-refractivity contribution in [1.82, 2.24) is 15.0 Å². The Morgan fingerprint density at radius 3 is 2.54 bits per heavy atom. The summed E-state index contributed by atoms with van der Waals surface area (Å²) in [6.07, 6.45) is 9.17. The number of hydrogen-bond donors (Lipinski definition) is 3. The Bertz CT molecular complexity index is 1860. The van der Waals surface area contributed by atoms with Crippen LogP contribution < -0.4 is 10.5 Å². The molecule has 2 atom stereocenters. The number of fused-ring (bicyclic) bond motifs is 1. The number of unbranched alkanes of at least 4 members (excludes halogenated alkanes) is 3. The number of oxime groups is 1. The van der Waals surface area contributed by atoms with Crippen molar-refractivity contribution in [3.63, 3.8) is 0 Å². The topological polar surface area (TPSA) is 221 Å². The molecule has 1 aromatic carbocycles. The van der Waals surface area contributed by atoms with Crippen molar-refractivity contribution in [1.29, 1.82) is 0 Å². The van der Waals surface area contributed by atoms with Gasteiger partial charge in [0.25, 0.3) is 12.0 Å². The number of ketones is 1. The highest BCUT2D eigenvalue weighted by molar-refractivity contribution is 7.80. The third kappa shape index (κ3) is 9.32. The van der Waals surface area contributed by atoms with Gasteiger partial charge in [-0.25, -0.2) is 9.78 Å². The van der Waals surface area contributed by atoms with Crippen molar-refractivity contribution in [2.45, 2.75) is 89.7 Å². The number of ether oxygens (including phenoxy) is 1. The predicted octanol–water partition coefficient (Wildman–Crippen LogP) is 4.75. The van der Waals surface area contributed by atoms with Crippen LogP contribution in [0.1, 0.15) is 83.0 Å². The summed E-state index contributed by atoms with van der Waals surface area (Å²) in [4.78, 5) is 52.1. The number of hydrogen-bond acceptors (Lipinski definition) is 13. The maximum Gasteiger partial charge on any atom is 0.418 e. The van der Waals surface area contributed by atoms with Crippen LogP contribution >= 0.6 is 11.3 Å². The lowest BCUT2D eigenvalue weighted by Gasteiger charge is -2.50. The van der Waals surface area contributed by atoms with Crippen LogP contribution in [0.2, 0.25) is 0 Å². The van der Waals surface area contributed by atoms with Crippen LogP contribution in [0.15, 0.2) is 40.9 Å². The van der Waals surface area contributed by atoms with Gasteiger partial charge in [-0.15, -0.1) is 15.6 Å². The number of hydroxylamine groups is 2. The van der Waals surface area contributed by atoms with E-state index in [9.17, 15) is 27.9 Å². The standard InChI is InChI=1S/C33H41N5O10S2/c1-33(2)24(30(40)38(33)48-50(43,44)45)17-27(39)29(26-19-49-32(34)36-26)37-47-28(31(41)42)18-46-23-14-15-25-21(16-23)12-13-22(35-25)11-6-4-3-5-8-20-9-7-10-20/h12-16,19-20,24,28H,3-11,17-18H2,1-2H3,(H2,34,36)(H,41,42)(H,43,44,45)/b37-29-/t24-,28+/m1/s1. The number of aromatic nitrogens is 2. The lowest BCUT2D eigenvalue weighted by molar-refractivity contribution is -0.228. The largest absolute Gasteiger partial charge is 0.489 e. The number of benzene rings is 1. The maximum atomic E-state index is 13.4. The Morgan fingerprint density at radius 1 is 1.14 bits per heavy atom. The van der Waals surface area contributed by atoms with Crippen LogP contribution in [0.4, 0.5) is 5.13 Å².